The van der Waals surface area contributed by atoms with Gasteiger partial charge in [-0.25, -0.2) is 0 Å². The number of fused-ring (bicyclic) bond motifs is 1. The number of hydrogen-bond donors (Lipinski definition) is 4. The van der Waals surface area contributed by atoms with E-state index in [1.807, 2.05) is 30.3 Å². The van der Waals surface area contributed by atoms with Gasteiger partial charge in [0.1, 0.15) is 36.3 Å². The summed E-state index contributed by atoms with van der Waals surface area (Å²) >= 11 is 0. The Kier molecular flexibility index (Phi) is 6.04. The molecular formula is C24H26O6. The van der Waals surface area contributed by atoms with E-state index in [0.717, 1.165) is 22.3 Å². The number of aliphatic hydroxyl groups excluding tert-OH is 4. The highest BCUT2D eigenvalue weighted by molar-refractivity contribution is 5.68. The van der Waals surface area contributed by atoms with Crippen molar-refractivity contribution in [2.45, 2.75) is 36.9 Å². The fraction of sp³-hybridized carbons (Fsp3) is 0.333. The zero-order valence-electron chi connectivity index (χ0n) is 16.7. The fourth-order valence-electron chi connectivity index (χ4n) is 4.09. The molecule has 0 saturated carbocycles. The second-order valence-corrected chi connectivity index (χ2v) is 7.69. The van der Waals surface area contributed by atoms with Gasteiger partial charge in [-0.3, -0.25) is 0 Å². The van der Waals surface area contributed by atoms with Crippen LogP contribution in [0.4, 0.5) is 0 Å². The minimum atomic E-state index is -1.43. The highest BCUT2D eigenvalue weighted by Crippen LogP contribution is 2.38. The maximum absolute atomic E-state index is 10.5. The summed E-state index contributed by atoms with van der Waals surface area (Å²) in [5, 5.41) is 40.2. The van der Waals surface area contributed by atoms with Gasteiger partial charge in [-0.2, -0.15) is 0 Å². The van der Waals surface area contributed by atoms with Crippen molar-refractivity contribution in [2.24, 2.45) is 0 Å². The molecule has 0 amide bonds. The molecule has 4 rings (SSSR count). The second-order valence-electron chi connectivity index (χ2n) is 7.69. The van der Waals surface area contributed by atoms with Gasteiger partial charge in [-0.05, 0) is 40.8 Å². The number of hydrogen-bond acceptors (Lipinski definition) is 6. The van der Waals surface area contributed by atoms with Crippen LogP contribution in [0.3, 0.4) is 0 Å². The van der Waals surface area contributed by atoms with Crippen LogP contribution in [-0.4, -0.2) is 58.6 Å². The zero-order valence-corrected chi connectivity index (χ0v) is 16.7. The van der Waals surface area contributed by atoms with Gasteiger partial charge in [0.05, 0.1) is 13.7 Å². The van der Waals surface area contributed by atoms with Gasteiger partial charge in [0.25, 0.3) is 0 Å². The van der Waals surface area contributed by atoms with Gasteiger partial charge in [0.2, 0.25) is 0 Å². The Morgan fingerprint density at radius 3 is 2.17 bits per heavy atom. The molecule has 1 aromatic carbocycles. The van der Waals surface area contributed by atoms with Crippen LogP contribution in [0.5, 0.6) is 5.75 Å². The Hall–Kier alpha value is -2.48. The molecule has 1 heterocycles. The predicted molar refractivity (Wildman–Crippen MR) is 112 cm³/mol. The van der Waals surface area contributed by atoms with E-state index >= 15 is 0 Å². The lowest BCUT2D eigenvalue weighted by Crippen LogP contribution is -2.55. The van der Waals surface area contributed by atoms with Crippen LogP contribution in [0.25, 0.3) is 11.1 Å². The van der Waals surface area contributed by atoms with E-state index in [-0.39, 0.29) is 0 Å². The highest BCUT2D eigenvalue weighted by atomic mass is 16.5. The third kappa shape index (κ3) is 3.93. The number of ether oxygens (including phenoxy) is 2. The molecular weight excluding hydrogens is 384 g/mol. The molecule has 0 spiro atoms. The van der Waals surface area contributed by atoms with Crippen LogP contribution >= 0.6 is 0 Å². The average Bonchev–Trinajstić information content (AvgIpc) is 3.00. The topological polar surface area (TPSA) is 99.4 Å². The van der Waals surface area contributed by atoms with Crippen molar-refractivity contribution in [2.75, 3.05) is 13.7 Å². The Balaban J connectivity index is 1.66. The van der Waals surface area contributed by atoms with Crippen LogP contribution in [0.2, 0.25) is 0 Å². The van der Waals surface area contributed by atoms with Crippen molar-refractivity contribution in [3.05, 3.63) is 77.4 Å². The molecule has 0 aromatic heterocycles. The van der Waals surface area contributed by atoms with Crippen molar-refractivity contribution in [1.82, 2.24) is 0 Å². The van der Waals surface area contributed by atoms with Gasteiger partial charge >= 0.3 is 0 Å². The Bertz CT molecular complexity index is 941. The summed E-state index contributed by atoms with van der Waals surface area (Å²) in [5.41, 5.74) is 5.04. The number of aliphatic hydroxyl groups is 4. The molecule has 30 heavy (non-hydrogen) atoms. The molecule has 4 N–H and O–H groups in total. The number of benzene rings is 1. The predicted octanol–water partition coefficient (Wildman–Crippen LogP) is 1.91. The van der Waals surface area contributed by atoms with E-state index < -0.39 is 37.1 Å². The molecule has 6 nitrogen and oxygen atoms in total. The first-order valence-electron chi connectivity index (χ1n) is 9.97. The molecule has 5 atom stereocenters. The molecule has 1 aliphatic heterocycles. The van der Waals surface area contributed by atoms with Crippen LogP contribution in [0, 0.1) is 0 Å². The molecule has 3 aliphatic rings. The summed E-state index contributed by atoms with van der Waals surface area (Å²) in [6.45, 7) is -0.471. The largest absolute Gasteiger partial charge is 0.496 e. The lowest BCUT2D eigenvalue weighted by molar-refractivity contribution is -0.232. The first kappa shape index (κ1) is 20.8. The Morgan fingerprint density at radius 2 is 1.53 bits per heavy atom. The summed E-state index contributed by atoms with van der Waals surface area (Å²) < 4.78 is 11.2. The summed E-state index contributed by atoms with van der Waals surface area (Å²) in [7, 11) is 1.52. The smallest absolute Gasteiger partial charge is 0.124 e. The van der Waals surface area contributed by atoms with E-state index in [4.69, 9.17) is 9.47 Å². The van der Waals surface area contributed by atoms with Crippen molar-refractivity contribution in [3.8, 4) is 16.9 Å². The SMILES string of the molecule is COc1ccc(Cc2cc3cccccc-3c2)cc1C1O[C@H](CO)[C@@H](O)[C@H](O)[C@H]1O. The third-order valence-corrected chi connectivity index (χ3v) is 5.69. The third-order valence-electron chi connectivity index (χ3n) is 5.69. The van der Waals surface area contributed by atoms with Crippen LogP contribution < -0.4 is 4.74 Å². The van der Waals surface area contributed by atoms with E-state index in [1.165, 1.54) is 7.11 Å². The molecule has 158 valence electrons. The van der Waals surface area contributed by atoms with E-state index in [2.05, 4.69) is 24.3 Å². The molecule has 2 aliphatic carbocycles. The molecule has 1 fully saturated rings. The molecule has 1 unspecified atom stereocenters. The monoisotopic (exact) mass is 410 g/mol. The number of rotatable bonds is 5. The van der Waals surface area contributed by atoms with E-state index in [1.54, 1.807) is 6.07 Å². The molecule has 1 saturated heterocycles. The lowest BCUT2D eigenvalue weighted by Gasteiger charge is -2.40. The molecule has 6 heteroatoms. The van der Waals surface area contributed by atoms with Crippen molar-refractivity contribution >= 4 is 0 Å². The van der Waals surface area contributed by atoms with Crippen LogP contribution in [0.1, 0.15) is 22.8 Å². The summed E-state index contributed by atoms with van der Waals surface area (Å²) in [4.78, 5) is 0. The van der Waals surface area contributed by atoms with Gasteiger partial charge in [0, 0.05) is 5.56 Å². The maximum Gasteiger partial charge on any atom is 0.124 e. The Labute approximate surface area is 175 Å². The summed E-state index contributed by atoms with van der Waals surface area (Å²) in [6.07, 6.45) is -5.42. The summed E-state index contributed by atoms with van der Waals surface area (Å²) in [5.74, 6) is 0.503. The second kappa shape index (κ2) is 8.71. The molecule has 0 radical (unpaired) electrons. The minimum Gasteiger partial charge on any atom is -0.496 e. The summed E-state index contributed by atoms with van der Waals surface area (Å²) in [6, 6.07) is 20.1. The minimum absolute atomic E-state index is 0.471. The van der Waals surface area contributed by atoms with Crippen molar-refractivity contribution < 1.29 is 29.9 Å². The van der Waals surface area contributed by atoms with Crippen LogP contribution in [-0.2, 0) is 11.2 Å². The van der Waals surface area contributed by atoms with Crippen molar-refractivity contribution in [3.63, 3.8) is 0 Å². The highest BCUT2D eigenvalue weighted by Gasteiger charge is 2.44. The first-order chi connectivity index (χ1) is 14.5. The quantitative estimate of drug-likeness (QED) is 0.513. The normalized spacial score (nSPS) is 26.6. The average molecular weight is 410 g/mol. The first-order valence-corrected chi connectivity index (χ1v) is 9.97. The molecule has 0 bridgehead atoms. The van der Waals surface area contributed by atoms with Gasteiger partial charge in [-0.15, -0.1) is 0 Å². The van der Waals surface area contributed by atoms with Crippen LogP contribution in [0.15, 0.2) is 60.7 Å². The maximum atomic E-state index is 10.5. The van der Waals surface area contributed by atoms with Crippen molar-refractivity contribution in [1.29, 1.82) is 0 Å². The zero-order chi connectivity index (χ0) is 21.3. The Morgan fingerprint density at radius 1 is 0.833 bits per heavy atom. The van der Waals surface area contributed by atoms with Gasteiger partial charge in [0.15, 0.2) is 0 Å². The number of methoxy groups -OCH3 is 1. The van der Waals surface area contributed by atoms with E-state index in [9.17, 15) is 20.4 Å². The standard InChI is InChI=1S/C24H26O6/c1-29-19-8-7-14(9-15-10-16-5-3-2-4-6-17(16)11-15)12-18(19)24-23(28)22(27)21(26)20(13-25)30-24/h2-8,10-12,20-28H,9,13H2,1H3/t20-,21-,22+,23-,24?/m1/s1. The lowest BCUT2D eigenvalue weighted by atomic mass is 9.89. The fourth-order valence-corrected chi connectivity index (χ4v) is 4.09. The van der Waals surface area contributed by atoms with Gasteiger partial charge in [-0.1, -0.05) is 48.5 Å². The van der Waals surface area contributed by atoms with Gasteiger partial charge < -0.3 is 29.9 Å². The molecule has 1 aromatic rings. The van der Waals surface area contributed by atoms with E-state index in [0.29, 0.717) is 17.7 Å².